The number of carbonyl (C=O) groups excluding carboxylic acids is 1. The highest BCUT2D eigenvalue weighted by Crippen LogP contribution is 2.34. The summed E-state index contributed by atoms with van der Waals surface area (Å²) in [5.74, 6) is -0.448. The average Bonchev–Trinajstić information content (AvgIpc) is 2.80. The molecule has 0 aliphatic carbocycles. The van der Waals surface area contributed by atoms with Crippen molar-refractivity contribution in [2.45, 2.75) is 0 Å². The summed E-state index contributed by atoms with van der Waals surface area (Å²) in [6.45, 7) is 3.49. The van der Waals surface area contributed by atoms with Gasteiger partial charge in [0.1, 0.15) is 17.5 Å². The first-order valence-corrected chi connectivity index (χ1v) is 8.07. The Morgan fingerprint density at radius 2 is 2.21 bits per heavy atom. The van der Waals surface area contributed by atoms with E-state index in [4.69, 9.17) is 26.8 Å². The molecule has 0 radical (unpaired) electrons. The van der Waals surface area contributed by atoms with Gasteiger partial charge in [-0.1, -0.05) is 42.7 Å². The molecule has 1 N–H and O–H groups in total. The van der Waals surface area contributed by atoms with E-state index in [9.17, 15) is 9.59 Å². The first kappa shape index (κ1) is 18.0. The van der Waals surface area contributed by atoms with Crippen LogP contribution in [0, 0.1) is 0 Å². The second-order valence-corrected chi connectivity index (χ2v) is 6.35. The lowest BCUT2D eigenvalue weighted by atomic mass is 10.2. The molecule has 0 bridgehead atoms. The summed E-state index contributed by atoms with van der Waals surface area (Å²) < 4.78 is 11.0. The third-order valence-corrected chi connectivity index (χ3v) is 4.39. The molecule has 0 aromatic heterocycles. The molecule has 8 heteroatoms. The Hall–Kier alpha value is -2.32. The molecule has 1 fully saturated rings. The fraction of sp³-hybridized carbons (Fsp3) is 0.188. The third kappa shape index (κ3) is 4.15. The number of carboxylic acid groups (broad SMARTS) is 1. The minimum atomic E-state index is -1.11. The van der Waals surface area contributed by atoms with E-state index in [1.54, 1.807) is 30.4 Å². The van der Waals surface area contributed by atoms with Crippen LogP contribution in [-0.4, -0.2) is 46.5 Å². The molecule has 0 atom stereocenters. The van der Waals surface area contributed by atoms with Crippen LogP contribution < -0.4 is 9.47 Å². The number of carbonyl (C=O) groups is 2. The van der Waals surface area contributed by atoms with E-state index in [0.29, 0.717) is 28.6 Å². The van der Waals surface area contributed by atoms with E-state index in [1.165, 1.54) is 7.11 Å². The lowest BCUT2D eigenvalue weighted by Crippen LogP contribution is -2.33. The van der Waals surface area contributed by atoms with E-state index in [2.05, 4.69) is 6.58 Å². The molecule has 1 aliphatic heterocycles. The Morgan fingerprint density at radius 3 is 2.83 bits per heavy atom. The highest BCUT2D eigenvalue weighted by molar-refractivity contribution is 8.26. The van der Waals surface area contributed by atoms with Gasteiger partial charge in [0.2, 0.25) is 0 Å². The molecule has 1 heterocycles. The quantitative estimate of drug-likeness (QED) is 0.452. The van der Waals surface area contributed by atoms with Gasteiger partial charge in [0, 0.05) is 0 Å². The van der Waals surface area contributed by atoms with Crippen molar-refractivity contribution >= 4 is 46.3 Å². The van der Waals surface area contributed by atoms with Gasteiger partial charge in [0.15, 0.2) is 11.5 Å². The van der Waals surface area contributed by atoms with E-state index in [0.717, 1.165) is 16.7 Å². The van der Waals surface area contributed by atoms with Gasteiger partial charge >= 0.3 is 5.97 Å². The molecule has 0 saturated carbocycles. The van der Waals surface area contributed by atoms with Crippen molar-refractivity contribution in [3.8, 4) is 11.5 Å². The highest BCUT2D eigenvalue weighted by atomic mass is 32.2. The van der Waals surface area contributed by atoms with Crippen LogP contribution in [-0.2, 0) is 9.59 Å². The molecule has 6 nitrogen and oxygen atoms in total. The van der Waals surface area contributed by atoms with Gasteiger partial charge in [-0.2, -0.15) is 0 Å². The zero-order valence-electron chi connectivity index (χ0n) is 12.9. The van der Waals surface area contributed by atoms with Crippen molar-refractivity contribution in [2.75, 3.05) is 20.3 Å². The van der Waals surface area contributed by atoms with E-state index < -0.39 is 18.4 Å². The Morgan fingerprint density at radius 1 is 1.46 bits per heavy atom. The van der Waals surface area contributed by atoms with Crippen LogP contribution in [0.3, 0.4) is 0 Å². The maximum Gasteiger partial charge on any atom is 0.323 e. The van der Waals surface area contributed by atoms with Crippen LogP contribution in [0.4, 0.5) is 0 Å². The largest absolute Gasteiger partial charge is 0.493 e. The van der Waals surface area contributed by atoms with Crippen LogP contribution in [0.15, 0.2) is 35.8 Å². The van der Waals surface area contributed by atoms with Gasteiger partial charge in [-0.25, -0.2) is 0 Å². The summed E-state index contributed by atoms with van der Waals surface area (Å²) in [6, 6.07) is 5.22. The maximum absolute atomic E-state index is 12.2. The van der Waals surface area contributed by atoms with Gasteiger partial charge < -0.3 is 14.6 Å². The van der Waals surface area contributed by atoms with E-state index in [1.807, 2.05) is 0 Å². The number of nitrogens with zero attached hydrogens (tertiary/aromatic N) is 1. The Kier molecular flexibility index (Phi) is 5.99. The number of carboxylic acids is 1. The van der Waals surface area contributed by atoms with Gasteiger partial charge in [0.05, 0.1) is 12.0 Å². The SMILES string of the molecule is C=CCOc1ccc(/C=C2\SC(=S)N(CC(=O)O)C2=O)cc1OC. The maximum atomic E-state index is 12.2. The van der Waals surface area contributed by atoms with Gasteiger partial charge in [-0.15, -0.1) is 0 Å². The standard InChI is InChI=1S/C16H15NO5S2/c1-3-6-22-11-5-4-10(7-12(11)21-2)8-13-15(20)17(9-14(18)19)16(23)24-13/h3-5,7-8H,1,6,9H2,2H3,(H,18,19)/b13-8-. The monoisotopic (exact) mass is 365 g/mol. The van der Waals surface area contributed by atoms with Crippen LogP contribution in [0.2, 0.25) is 0 Å². The van der Waals surface area contributed by atoms with Crippen LogP contribution >= 0.6 is 24.0 Å². The number of hydrogen-bond acceptors (Lipinski definition) is 6. The van der Waals surface area contributed by atoms with Gasteiger partial charge in [-0.3, -0.25) is 14.5 Å². The summed E-state index contributed by atoms with van der Waals surface area (Å²) in [5.41, 5.74) is 0.716. The van der Waals surface area contributed by atoms with E-state index in [-0.39, 0.29) is 4.32 Å². The predicted molar refractivity (Wildman–Crippen MR) is 96.2 cm³/mol. The molecule has 2 rings (SSSR count). The minimum Gasteiger partial charge on any atom is -0.493 e. The highest BCUT2D eigenvalue weighted by Gasteiger charge is 2.33. The molecular weight excluding hydrogens is 350 g/mol. The first-order valence-electron chi connectivity index (χ1n) is 6.85. The fourth-order valence-corrected chi connectivity index (χ4v) is 3.22. The fourth-order valence-electron chi connectivity index (χ4n) is 1.96. The third-order valence-electron chi connectivity index (χ3n) is 3.01. The number of ether oxygens (including phenoxy) is 2. The first-order chi connectivity index (χ1) is 11.5. The zero-order chi connectivity index (χ0) is 17.7. The molecule has 126 valence electrons. The predicted octanol–water partition coefficient (Wildman–Crippen LogP) is 2.55. The molecule has 1 amide bonds. The molecule has 0 unspecified atom stereocenters. The van der Waals surface area contributed by atoms with Gasteiger partial charge in [0.25, 0.3) is 5.91 Å². The second kappa shape index (κ2) is 7.98. The van der Waals surface area contributed by atoms with Crippen molar-refractivity contribution in [3.63, 3.8) is 0 Å². The molecule has 24 heavy (non-hydrogen) atoms. The van der Waals surface area contributed by atoms with Crippen molar-refractivity contribution in [3.05, 3.63) is 41.3 Å². The normalized spacial score (nSPS) is 15.7. The van der Waals surface area contributed by atoms with Crippen LogP contribution in [0.1, 0.15) is 5.56 Å². The smallest absolute Gasteiger partial charge is 0.323 e. The summed E-state index contributed by atoms with van der Waals surface area (Å²) in [6.07, 6.45) is 3.27. The van der Waals surface area contributed by atoms with Crippen LogP contribution in [0.25, 0.3) is 6.08 Å². The Bertz CT molecular complexity index is 729. The molecule has 1 aromatic carbocycles. The second-order valence-electron chi connectivity index (χ2n) is 4.67. The topological polar surface area (TPSA) is 76.1 Å². The summed E-state index contributed by atoms with van der Waals surface area (Å²) in [4.78, 5) is 24.5. The van der Waals surface area contributed by atoms with Gasteiger partial charge in [-0.05, 0) is 23.8 Å². The number of thiocarbonyl (C=S) groups is 1. The molecule has 1 aliphatic rings. The Labute approximate surface area is 148 Å². The van der Waals surface area contributed by atoms with E-state index >= 15 is 0 Å². The number of methoxy groups -OCH3 is 1. The lowest BCUT2D eigenvalue weighted by molar-refractivity contribution is -0.140. The molecule has 1 aromatic rings. The number of rotatable bonds is 7. The number of aliphatic carboxylic acids is 1. The summed E-state index contributed by atoms with van der Waals surface area (Å²) >= 11 is 6.13. The Balaban J connectivity index is 2.25. The summed E-state index contributed by atoms with van der Waals surface area (Å²) in [5, 5.41) is 8.84. The van der Waals surface area contributed by atoms with Crippen LogP contribution in [0.5, 0.6) is 11.5 Å². The minimum absolute atomic E-state index is 0.228. The van der Waals surface area contributed by atoms with Crippen molar-refractivity contribution in [2.24, 2.45) is 0 Å². The summed E-state index contributed by atoms with van der Waals surface area (Å²) in [7, 11) is 1.52. The number of hydrogen-bond donors (Lipinski definition) is 1. The molecule has 1 saturated heterocycles. The molecular formula is C16H15NO5S2. The van der Waals surface area contributed by atoms with Crippen molar-refractivity contribution in [1.82, 2.24) is 4.90 Å². The van der Waals surface area contributed by atoms with Crippen molar-refractivity contribution < 1.29 is 24.2 Å². The lowest BCUT2D eigenvalue weighted by Gasteiger charge is -2.10. The average molecular weight is 365 g/mol. The number of benzene rings is 1. The number of thioether (sulfide) groups is 1. The van der Waals surface area contributed by atoms with Crippen molar-refractivity contribution in [1.29, 1.82) is 0 Å². The zero-order valence-corrected chi connectivity index (χ0v) is 14.5. The molecule has 0 spiro atoms. The number of amides is 1.